The Kier molecular flexibility index (Phi) is 10.4. The van der Waals surface area contributed by atoms with Gasteiger partial charge in [-0.1, -0.05) is 12.1 Å². The fourth-order valence-corrected chi connectivity index (χ4v) is 1.71. The smallest absolute Gasteiger partial charge is 0.475 e. The Bertz CT molecular complexity index is 554. The first-order valence-electron chi connectivity index (χ1n) is 7.21. The molecule has 0 saturated heterocycles. The van der Waals surface area contributed by atoms with Crippen molar-refractivity contribution in [3.8, 4) is 6.07 Å². The van der Waals surface area contributed by atoms with Crippen molar-refractivity contribution in [1.29, 1.82) is 5.26 Å². The van der Waals surface area contributed by atoms with Gasteiger partial charge in [0.15, 0.2) is 0 Å². The molecule has 134 valence electrons. The maximum absolute atomic E-state index is 10.6. The molecule has 0 saturated carbocycles. The Morgan fingerprint density at radius 3 is 2.46 bits per heavy atom. The fourth-order valence-electron chi connectivity index (χ4n) is 1.71. The molecule has 5 nitrogen and oxygen atoms in total. The number of carboxylic acid groups (broad SMARTS) is 1. The molecule has 2 N–H and O–H groups in total. The number of aliphatic carboxylic acids is 1. The Labute approximate surface area is 139 Å². The number of carboxylic acids is 1. The second kappa shape index (κ2) is 11.4. The number of aryl methyl sites for hydroxylation is 1. The highest BCUT2D eigenvalue weighted by Gasteiger charge is 2.38. The maximum Gasteiger partial charge on any atom is 0.490 e. The number of carbonyl (C=O) groups is 1. The van der Waals surface area contributed by atoms with Gasteiger partial charge in [0.05, 0.1) is 11.6 Å². The fraction of sp³-hybridized carbons (Fsp3) is 0.500. The summed E-state index contributed by atoms with van der Waals surface area (Å²) in [5.74, 6) is -2.76. The van der Waals surface area contributed by atoms with Crippen LogP contribution in [-0.4, -0.2) is 44.1 Å². The molecular weight excluding hydrogens is 325 g/mol. The number of nitrogens with zero attached hydrogens (tertiary/aromatic N) is 1. The zero-order chi connectivity index (χ0) is 18.6. The van der Waals surface area contributed by atoms with Gasteiger partial charge in [-0.25, -0.2) is 4.79 Å². The predicted molar refractivity (Wildman–Crippen MR) is 82.7 cm³/mol. The number of benzene rings is 1. The van der Waals surface area contributed by atoms with Crippen molar-refractivity contribution in [2.24, 2.45) is 0 Å². The SMILES string of the molecule is COCCCNCCc1ccc(C#N)c(C)c1.O=C(O)C(F)(F)F. The van der Waals surface area contributed by atoms with Crippen LogP contribution in [0.1, 0.15) is 23.1 Å². The van der Waals surface area contributed by atoms with Crippen LogP contribution in [-0.2, 0) is 16.0 Å². The summed E-state index contributed by atoms with van der Waals surface area (Å²) in [5.41, 5.74) is 3.10. The molecule has 1 aromatic carbocycles. The first-order chi connectivity index (χ1) is 11.2. The van der Waals surface area contributed by atoms with E-state index in [-0.39, 0.29) is 0 Å². The highest BCUT2D eigenvalue weighted by molar-refractivity contribution is 5.73. The Balaban J connectivity index is 0.000000640. The van der Waals surface area contributed by atoms with Crippen LogP contribution in [0, 0.1) is 18.3 Å². The minimum Gasteiger partial charge on any atom is -0.475 e. The molecule has 24 heavy (non-hydrogen) atoms. The van der Waals surface area contributed by atoms with Crippen LogP contribution < -0.4 is 5.32 Å². The number of hydrogen-bond acceptors (Lipinski definition) is 4. The van der Waals surface area contributed by atoms with E-state index in [9.17, 15) is 13.2 Å². The summed E-state index contributed by atoms with van der Waals surface area (Å²) < 4.78 is 36.7. The molecular formula is C16H21F3N2O3. The topological polar surface area (TPSA) is 82.3 Å². The minimum atomic E-state index is -5.08. The lowest BCUT2D eigenvalue weighted by atomic mass is 10.0. The van der Waals surface area contributed by atoms with Gasteiger partial charge in [-0.15, -0.1) is 0 Å². The molecule has 0 unspecified atom stereocenters. The number of hydrogen-bond donors (Lipinski definition) is 2. The van der Waals surface area contributed by atoms with E-state index in [0.717, 1.165) is 43.7 Å². The van der Waals surface area contributed by atoms with Gasteiger partial charge in [-0.3, -0.25) is 0 Å². The Morgan fingerprint density at radius 2 is 2.00 bits per heavy atom. The van der Waals surface area contributed by atoms with Gasteiger partial charge in [0.2, 0.25) is 0 Å². The van der Waals surface area contributed by atoms with Gasteiger partial charge in [-0.2, -0.15) is 18.4 Å². The van der Waals surface area contributed by atoms with Crippen LogP contribution in [0.15, 0.2) is 18.2 Å². The van der Waals surface area contributed by atoms with Crippen molar-refractivity contribution in [3.63, 3.8) is 0 Å². The van der Waals surface area contributed by atoms with Crippen molar-refractivity contribution >= 4 is 5.97 Å². The molecule has 0 aromatic heterocycles. The standard InChI is InChI=1S/C14H20N2O.C2HF3O2/c1-12-10-13(4-5-14(12)11-15)6-8-16-7-3-9-17-2;3-2(4,5)1(6)7/h4-5,10,16H,3,6-9H2,1-2H3;(H,6,7). The van der Waals surface area contributed by atoms with Gasteiger partial charge >= 0.3 is 12.1 Å². The Morgan fingerprint density at radius 1 is 1.38 bits per heavy atom. The lowest BCUT2D eigenvalue weighted by molar-refractivity contribution is -0.192. The summed E-state index contributed by atoms with van der Waals surface area (Å²) in [4.78, 5) is 8.90. The Hall–Kier alpha value is -2.11. The largest absolute Gasteiger partial charge is 0.490 e. The van der Waals surface area contributed by atoms with Crippen molar-refractivity contribution in [2.75, 3.05) is 26.8 Å². The normalized spacial score (nSPS) is 10.5. The number of methoxy groups -OCH3 is 1. The van der Waals surface area contributed by atoms with E-state index in [4.69, 9.17) is 19.9 Å². The number of rotatable bonds is 7. The average Bonchev–Trinajstić information content (AvgIpc) is 2.50. The lowest BCUT2D eigenvalue weighted by Crippen LogP contribution is -2.21. The zero-order valence-electron chi connectivity index (χ0n) is 13.6. The molecule has 0 aliphatic rings. The summed E-state index contributed by atoms with van der Waals surface area (Å²) in [5, 5.41) is 19.3. The van der Waals surface area contributed by atoms with E-state index in [2.05, 4.69) is 17.5 Å². The van der Waals surface area contributed by atoms with Crippen molar-refractivity contribution in [3.05, 3.63) is 34.9 Å². The second-order valence-corrected chi connectivity index (χ2v) is 4.91. The molecule has 0 aliphatic carbocycles. The molecule has 0 heterocycles. The summed E-state index contributed by atoms with van der Waals surface area (Å²) in [6, 6.07) is 8.20. The van der Waals surface area contributed by atoms with Crippen molar-refractivity contribution in [2.45, 2.75) is 25.9 Å². The zero-order valence-corrected chi connectivity index (χ0v) is 13.6. The molecule has 1 aromatic rings. The van der Waals surface area contributed by atoms with Gasteiger partial charge in [-0.05, 0) is 50.0 Å². The van der Waals surface area contributed by atoms with Crippen LogP contribution in [0.3, 0.4) is 0 Å². The van der Waals surface area contributed by atoms with E-state index >= 15 is 0 Å². The molecule has 0 bridgehead atoms. The van der Waals surface area contributed by atoms with E-state index < -0.39 is 12.1 Å². The third-order valence-corrected chi connectivity index (χ3v) is 2.95. The third-order valence-electron chi connectivity index (χ3n) is 2.95. The second-order valence-electron chi connectivity index (χ2n) is 4.91. The highest BCUT2D eigenvalue weighted by atomic mass is 19.4. The number of nitriles is 1. The highest BCUT2D eigenvalue weighted by Crippen LogP contribution is 2.13. The van der Waals surface area contributed by atoms with Gasteiger partial charge in [0.1, 0.15) is 0 Å². The molecule has 0 spiro atoms. The van der Waals surface area contributed by atoms with Crippen LogP contribution in [0.25, 0.3) is 0 Å². The molecule has 0 amide bonds. The predicted octanol–water partition coefficient (Wildman–Crippen LogP) is 2.67. The van der Waals surface area contributed by atoms with Crippen molar-refractivity contribution < 1.29 is 27.8 Å². The first-order valence-corrected chi connectivity index (χ1v) is 7.21. The van der Waals surface area contributed by atoms with Gasteiger partial charge in [0, 0.05) is 13.7 Å². The number of ether oxygens (including phenoxy) is 1. The van der Waals surface area contributed by atoms with E-state index in [0.29, 0.717) is 0 Å². The maximum atomic E-state index is 10.6. The first kappa shape index (κ1) is 21.9. The lowest BCUT2D eigenvalue weighted by Gasteiger charge is -2.06. The summed E-state index contributed by atoms with van der Waals surface area (Å²) >= 11 is 0. The molecule has 0 atom stereocenters. The van der Waals surface area contributed by atoms with E-state index in [1.54, 1.807) is 7.11 Å². The third kappa shape index (κ3) is 9.82. The van der Waals surface area contributed by atoms with Crippen LogP contribution in [0.4, 0.5) is 13.2 Å². The van der Waals surface area contributed by atoms with Gasteiger partial charge in [0.25, 0.3) is 0 Å². The van der Waals surface area contributed by atoms with Crippen LogP contribution in [0.5, 0.6) is 0 Å². The number of alkyl halides is 3. The van der Waals surface area contributed by atoms with E-state index in [1.807, 2.05) is 19.1 Å². The molecule has 8 heteroatoms. The van der Waals surface area contributed by atoms with Crippen LogP contribution in [0.2, 0.25) is 0 Å². The minimum absolute atomic E-state index is 0.766. The summed E-state index contributed by atoms with van der Waals surface area (Å²) in [7, 11) is 1.72. The average molecular weight is 346 g/mol. The molecule has 1 rings (SSSR count). The molecule has 0 aliphatic heterocycles. The molecule has 0 radical (unpaired) electrons. The summed E-state index contributed by atoms with van der Waals surface area (Å²) in [6.07, 6.45) is -3.04. The summed E-state index contributed by atoms with van der Waals surface area (Å²) in [6.45, 7) is 4.75. The van der Waals surface area contributed by atoms with E-state index in [1.165, 1.54) is 5.56 Å². The monoisotopic (exact) mass is 346 g/mol. The number of halogens is 3. The van der Waals surface area contributed by atoms with Crippen LogP contribution >= 0.6 is 0 Å². The van der Waals surface area contributed by atoms with Gasteiger partial charge < -0.3 is 15.2 Å². The van der Waals surface area contributed by atoms with Crippen molar-refractivity contribution in [1.82, 2.24) is 5.32 Å². The molecule has 0 fully saturated rings. The number of nitrogens with one attached hydrogen (secondary N) is 1. The quantitative estimate of drug-likeness (QED) is 0.742.